The van der Waals surface area contributed by atoms with E-state index in [0.29, 0.717) is 0 Å². The van der Waals surface area contributed by atoms with Gasteiger partial charge in [-0.2, -0.15) is 0 Å². The van der Waals surface area contributed by atoms with Gasteiger partial charge in [0.25, 0.3) is 0 Å². The molecule has 11 aromatic rings. The van der Waals surface area contributed by atoms with Gasteiger partial charge in [0.15, 0.2) is 0 Å². The zero-order valence-corrected chi connectivity index (χ0v) is 50.2. The zero-order valence-electron chi connectivity index (χ0n) is 50.2. The van der Waals surface area contributed by atoms with Crippen molar-refractivity contribution >= 4 is 34.1 Å². The first-order valence-electron chi connectivity index (χ1n) is 29.7. The Morgan fingerprint density at radius 1 is 0.301 bits per heavy atom. The lowest BCUT2D eigenvalue weighted by atomic mass is 9.82. The largest absolute Gasteiger partial charge is 0.343 e. The van der Waals surface area contributed by atoms with Gasteiger partial charge < -0.3 is 14.4 Å². The topological polar surface area (TPSA) is 11.4 Å². The lowest BCUT2D eigenvalue weighted by Gasteiger charge is -2.30. The third kappa shape index (κ3) is 8.06. The molecule has 0 saturated heterocycles. The minimum atomic E-state index is -0.127. The number of benzene rings is 10. The molecule has 0 bridgehead atoms. The molecular weight excluding hydrogens is 1000 g/mol. The Hall–Kier alpha value is -8.92. The minimum absolute atomic E-state index is 0.0196. The predicted octanol–water partition coefficient (Wildman–Crippen LogP) is 21.8. The molecule has 0 atom stereocenters. The van der Waals surface area contributed by atoms with Crippen molar-refractivity contribution < 1.29 is 0 Å². The van der Waals surface area contributed by atoms with Crippen LogP contribution < -0.4 is 9.80 Å². The molecule has 0 saturated carbocycles. The number of nitrogens with zero attached hydrogens (tertiary/aromatic N) is 3. The van der Waals surface area contributed by atoms with E-state index >= 15 is 0 Å². The van der Waals surface area contributed by atoms with Crippen LogP contribution in [-0.2, 0) is 28.7 Å². The van der Waals surface area contributed by atoms with Gasteiger partial charge in [-0.15, -0.1) is 0 Å². The second kappa shape index (κ2) is 18.8. The van der Waals surface area contributed by atoms with Crippen molar-refractivity contribution in [1.29, 1.82) is 0 Å². The number of aromatic nitrogens is 1. The fourth-order valence-corrected chi connectivity index (χ4v) is 14.9. The van der Waals surface area contributed by atoms with Gasteiger partial charge in [-0.05, 0) is 198 Å². The average Bonchev–Trinajstić information content (AvgIpc) is 3.02. The van der Waals surface area contributed by atoms with Crippen LogP contribution in [0.3, 0.4) is 0 Å². The third-order valence-electron chi connectivity index (χ3n) is 19.4. The van der Waals surface area contributed by atoms with Crippen LogP contribution in [0.1, 0.15) is 112 Å². The van der Waals surface area contributed by atoms with Crippen molar-refractivity contribution in [3.63, 3.8) is 0 Å². The highest BCUT2D eigenvalue weighted by atomic mass is 15.1. The van der Waals surface area contributed by atoms with E-state index < -0.39 is 0 Å². The van der Waals surface area contributed by atoms with Crippen LogP contribution in [0.2, 0.25) is 0 Å². The fourth-order valence-electron chi connectivity index (χ4n) is 14.9. The maximum Gasteiger partial charge on any atom is 0.0515 e. The van der Waals surface area contributed by atoms with Crippen molar-refractivity contribution in [2.24, 2.45) is 7.05 Å². The van der Waals surface area contributed by atoms with Gasteiger partial charge in [-0.1, -0.05) is 214 Å². The molecule has 1 aromatic heterocycles. The SMILES string of the molecule is Cc1c(C)c(-c2ccc(N(c3ccc4c(c3)C(C)(C)c3ccccc3-4)c3ccc4c(c3)C(C)(C)c3ccccc3-4)cc2)n(C)c1-c1ccc(N(c2ccc(-c3ccccc3C(C)(C)C)cc2)c2ccc3c(c2)C(C)(C)c2ccccc2-3)cc1. The van der Waals surface area contributed by atoms with Gasteiger partial charge in [0.1, 0.15) is 0 Å². The Balaban J connectivity index is 0.828. The van der Waals surface area contributed by atoms with E-state index in [9.17, 15) is 0 Å². The highest BCUT2D eigenvalue weighted by molar-refractivity contribution is 5.91. The summed E-state index contributed by atoms with van der Waals surface area (Å²) in [5, 5.41) is 0. The lowest BCUT2D eigenvalue weighted by Crippen LogP contribution is -2.18. The van der Waals surface area contributed by atoms with E-state index in [1.165, 1.54) is 117 Å². The number of fused-ring (bicyclic) bond motifs is 9. The molecule has 1 heterocycles. The van der Waals surface area contributed by atoms with Crippen molar-refractivity contribution in [1.82, 2.24) is 4.57 Å². The van der Waals surface area contributed by atoms with E-state index in [0.717, 1.165) is 34.1 Å². The Kier molecular flexibility index (Phi) is 11.8. The molecule has 408 valence electrons. The maximum atomic E-state index is 2.48. The average molecular weight is 1080 g/mol. The summed E-state index contributed by atoms with van der Waals surface area (Å²) >= 11 is 0. The van der Waals surface area contributed by atoms with Crippen LogP contribution in [0.4, 0.5) is 34.1 Å². The van der Waals surface area contributed by atoms with Crippen LogP contribution in [-0.4, -0.2) is 4.57 Å². The molecule has 0 fully saturated rings. The fraction of sp³-hybridized carbons (Fsp3) is 0.200. The number of rotatable bonds is 9. The Labute approximate surface area is 492 Å². The smallest absolute Gasteiger partial charge is 0.0515 e. The van der Waals surface area contributed by atoms with Crippen molar-refractivity contribution in [2.75, 3.05) is 9.80 Å². The third-order valence-corrected chi connectivity index (χ3v) is 19.4. The number of anilines is 6. The molecular formula is C80H73N3. The molecule has 83 heavy (non-hydrogen) atoms. The first-order chi connectivity index (χ1) is 39.8. The summed E-state index contributed by atoms with van der Waals surface area (Å²) in [7, 11) is 2.24. The molecule has 14 rings (SSSR count). The summed E-state index contributed by atoms with van der Waals surface area (Å²) in [6, 6.07) is 84.8. The van der Waals surface area contributed by atoms with E-state index in [-0.39, 0.29) is 21.7 Å². The Morgan fingerprint density at radius 3 is 0.928 bits per heavy atom. The first-order valence-corrected chi connectivity index (χ1v) is 29.7. The summed E-state index contributed by atoms with van der Waals surface area (Å²) in [6.45, 7) is 25.7. The molecule has 10 aromatic carbocycles. The summed E-state index contributed by atoms with van der Waals surface area (Å²) in [6.07, 6.45) is 0. The van der Waals surface area contributed by atoms with Crippen molar-refractivity contribution in [2.45, 2.75) is 97.8 Å². The van der Waals surface area contributed by atoms with E-state index in [1.807, 2.05) is 0 Å². The van der Waals surface area contributed by atoms with Crippen molar-refractivity contribution in [3.05, 3.63) is 275 Å². The van der Waals surface area contributed by atoms with Crippen LogP contribution in [0.5, 0.6) is 0 Å². The highest BCUT2D eigenvalue weighted by Gasteiger charge is 2.39. The van der Waals surface area contributed by atoms with Crippen LogP contribution in [0.25, 0.3) is 67.0 Å². The summed E-state index contributed by atoms with van der Waals surface area (Å²) in [4.78, 5) is 4.91. The molecule has 0 spiro atoms. The van der Waals surface area contributed by atoms with Crippen LogP contribution >= 0.6 is 0 Å². The molecule has 3 aliphatic rings. The normalized spacial score (nSPS) is 14.6. The van der Waals surface area contributed by atoms with E-state index in [2.05, 4.69) is 322 Å². The maximum absolute atomic E-state index is 2.48. The molecule has 0 aliphatic heterocycles. The number of hydrogen-bond acceptors (Lipinski definition) is 2. The van der Waals surface area contributed by atoms with Crippen LogP contribution in [0, 0.1) is 13.8 Å². The van der Waals surface area contributed by atoms with Gasteiger partial charge in [0, 0.05) is 57.4 Å². The molecule has 0 unspecified atom stereocenters. The molecule has 3 heteroatoms. The van der Waals surface area contributed by atoms with Gasteiger partial charge in [-0.25, -0.2) is 0 Å². The Bertz CT molecular complexity index is 4290. The Morgan fingerprint density at radius 2 is 0.578 bits per heavy atom. The second-order valence-corrected chi connectivity index (χ2v) is 26.3. The monoisotopic (exact) mass is 1080 g/mol. The summed E-state index contributed by atoms with van der Waals surface area (Å²) < 4.78 is 2.42. The minimum Gasteiger partial charge on any atom is -0.343 e. The molecule has 3 aliphatic carbocycles. The summed E-state index contributed by atoms with van der Waals surface area (Å²) in [5.74, 6) is 0. The second-order valence-electron chi connectivity index (χ2n) is 26.3. The van der Waals surface area contributed by atoms with Gasteiger partial charge in [-0.3, -0.25) is 0 Å². The van der Waals surface area contributed by atoms with Crippen molar-refractivity contribution in [3.8, 4) is 67.0 Å². The van der Waals surface area contributed by atoms with Crippen LogP contribution in [0.15, 0.2) is 224 Å². The number of hydrogen-bond donors (Lipinski definition) is 0. The molecule has 0 N–H and O–H groups in total. The molecule has 0 radical (unpaired) electrons. The van der Waals surface area contributed by atoms with E-state index in [4.69, 9.17) is 0 Å². The first kappa shape index (κ1) is 52.2. The van der Waals surface area contributed by atoms with Gasteiger partial charge in [0.2, 0.25) is 0 Å². The van der Waals surface area contributed by atoms with E-state index in [1.54, 1.807) is 0 Å². The summed E-state index contributed by atoms with van der Waals surface area (Å²) in [5.41, 5.74) is 33.9. The standard InChI is InChI=1S/C80H73N3/c1-50-51(2)76(54-33-39-57(40-34-54)83(59-42-45-66-63-23-15-19-27-70(63)79(8,9)73(66)48-59)60-43-46-67-64-24-16-20-28-71(64)80(10,11)74(67)49-60)81(12)75(50)53-31-37-56(38-32-53)82(55-35-29-52(30-36-55)61-21-13-17-25-68(61)77(3,4)5)58-41-44-65-62-22-14-18-26-69(62)78(6,7)72(65)47-58/h13-49H,1-12H3. The quantitative estimate of drug-likeness (QED) is 0.143. The van der Waals surface area contributed by atoms with Gasteiger partial charge >= 0.3 is 0 Å². The molecule has 3 nitrogen and oxygen atoms in total. The molecule has 0 amide bonds. The lowest BCUT2D eigenvalue weighted by molar-refractivity contribution is 0.592. The predicted molar refractivity (Wildman–Crippen MR) is 352 cm³/mol. The zero-order chi connectivity index (χ0) is 57.5. The van der Waals surface area contributed by atoms with Gasteiger partial charge in [0.05, 0.1) is 11.4 Å². The highest BCUT2D eigenvalue weighted by Crippen LogP contribution is 2.55.